The van der Waals surface area contributed by atoms with E-state index in [-0.39, 0.29) is 11.5 Å². The lowest BCUT2D eigenvalue weighted by Gasteiger charge is -2.35. The van der Waals surface area contributed by atoms with Crippen molar-refractivity contribution in [3.63, 3.8) is 0 Å². The van der Waals surface area contributed by atoms with Gasteiger partial charge in [-0.05, 0) is 37.3 Å². The molecule has 106 valence electrons. The van der Waals surface area contributed by atoms with Gasteiger partial charge < -0.3 is 4.74 Å². The van der Waals surface area contributed by atoms with Gasteiger partial charge in [0.1, 0.15) is 0 Å². The lowest BCUT2D eigenvalue weighted by Crippen LogP contribution is -2.27. The minimum absolute atomic E-state index is 0.131. The first kappa shape index (κ1) is 13.3. The molecule has 0 saturated heterocycles. The molecule has 3 rings (SSSR count). The number of hydrogen-bond acceptors (Lipinski definition) is 3. The molecule has 0 bridgehead atoms. The van der Waals surface area contributed by atoms with E-state index in [0.717, 1.165) is 24.4 Å². The molecule has 0 amide bonds. The maximum absolute atomic E-state index is 5.71. The van der Waals surface area contributed by atoms with Gasteiger partial charge in [0.2, 0.25) is 0 Å². The first-order chi connectivity index (χ1) is 9.52. The van der Waals surface area contributed by atoms with Crippen LogP contribution in [0.1, 0.15) is 43.3 Å². The third kappa shape index (κ3) is 2.14. The molecule has 4 heteroatoms. The SMILES string of the molecule is COC1CC(C)(C)Cc2c1c(C)nn2-c1ccccn1. The van der Waals surface area contributed by atoms with Crippen molar-refractivity contribution in [3.8, 4) is 5.82 Å². The van der Waals surface area contributed by atoms with E-state index in [0.29, 0.717) is 0 Å². The second-order valence-electron chi connectivity index (χ2n) is 6.31. The summed E-state index contributed by atoms with van der Waals surface area (Å²) in [5, 5.41) is 4.70. The van der Waals surface area contributed by atoms with Gasteiger partial charge in [-0.25, -0.2) is 9.67 Å². The van der Waals surface area contributed by atoms with Crippen LogP contribution in [0, 0.1) is 12.3 Å². The molecule has 0 radical (unpaired) electrons. The van der Waals surface area contributed by atoms with Crippen molar-refractivity contribution in [1.82, 2.24) is 14.8 Å². The first-order valence-corrected chi connectivity index (χ1v) is 7.04. The van der Waals surface area contributed by atoms with Crippen molar-refractivity contribution in [1.29, 1.82) is 0 Å². The lowest BCUT2D eigenvalue weighted by molar-refractivity contribution is 0.0491. The van der Waals surface area contributed by atoms with Crippen LogP contribution in [0.5, 0.6) is 0 Å². The third-order valence-electron chi connectivity index (χ3n) is 4.06. The molecule has 2 heterocycles. The van der Waals surface area contributed by atoms with E-state index < -0.39 is 0 Å². The van der Waals surface area contributed by atoms with Crippen LogP contribution in [0.3, 0.4) is 0 Å². The minimum Gasteiger partial charge on any atom is -0.377 e. The number of methoxy groups -OCH3 is 1. The number of hydrogen-bond donors (Lipinski definition) is 0. The monoisotopic (exact) mass is 271 g/mol. The lowest BCUT2D eigenvalue weighted by atomic mass is 9.75. The molecule has 0 aliphatic heterocycles. The Morgan fingerprint density at radius 2 is 2.15 bits per heavy atom. The van der Waals surface area contributed by atoms with E-state index in [1.807, 2.05) is 22.9 Å². The molecular weight excluding hydrogens is 250 g/mol. The molecule has 4 nitrogen and oxygen atoms in total. The summed E-state index contributed by atoms with van der Waals surface area (Å²) in [7, 11) is 1.79. The molecular formula is C16H21N3O. The molecule has 0 N–H and O–H groups in total. The Morgan fingerprint density at radius 3 is 2.80 bits per heavy atom. The molecule has 1 unspecified atom stereocenters. The van der Waals surface area contributed by atoms with Gasteiger partial charge in [0, 0.05) is 18.9 Å². The molecule has 0 spiro atoms. The van der Waals surface area contributed by atoms with Crippen LogP contribution in [-0.2, 0) is 11.2 Å². The standard InChI is InChI=1S/C16H21N3O/c1-11-15-12(9-16(2,3)10-13(15)20-4)19(18-11)14-7-5-6-8-17-14/h5-8,13H,9-10H2,1-4H3. The first-order valence-electron chi connectivity index (χ1n) is 7.04. The predicted molar refractivity (Wildman–Crippen MR) is 77.9 cm³/mol. The number of rotatable bonds is 2. The average molecular weight is 271 g/mol. The average Bonchev–Trinajstić information content (AvgIpc) is 2.74. The van der Waals surface area contributed by atoms with Crippen LogP contribution in [0.4, 0.5) is 0 Å². The minimum atomic E-state index is 0.131. The Balaban J connectivity index is 2.17. The Hall–Kier alpha value is -1.68. The number of nitrogens with zero attached hydrogens (tertiary/aromatic N) is 3. The Kier molecular flexibility index (Phi) is 3.13. The predicted octanol–water partition coefficient (Wildman–Crippen LogP) is 3.24. The van der Waals surface area contributed by atoms with E-state index in [4.69, 9.17) is 9.84 Å². The van der Waals surface area contributed by atoms with Gasteiger partial charge in [0.25, 0.3) is 0 Å². The summed E-state index contributed by atoms with van der Waals surface area (Å²) in [5.74, 6) is 0.879. The number of ether oxygens (including phenoxy) is 1. The fourth-order valence-corrected chi connectivity index (χ4v) is 3.18. The van der Waals surface area contributed by atoms with E-state index >= 15 is 0 Å². The van der Waals surface area contributed by atoms with Crippen molar-refractivity contribution in [2.45, 2.75) is 39.7 Å². The molecule has 0 aromatic carbocycles. The topological polar surface area (TPSA) is 39.9 Å². The highest BCUT2D eigenvalue weighted by Gasteiger charge is 2.37. The van der Waals surface area contributed by atoms with Crippen molar-refractivity contribution in [2.24, 2.45) is 5.41 Å². The zero-order valence-electron chi connectivity index (χ0n) is 12.6. The van der Waals surface area contributed by atoms with E-state index in [9.17, 15) is 0 Å². The molecule has 1 atom stereocenters. The van der Waals surface area contributed by atoms with Crippen LogP contribution in [0.25, 0.3) is 5.82 Å². The van der Waals surface area contributed by atoms with E-state index in [1.165, 1.54) is 11.3 Å². The van der Waals surface area contributed by atoms with E-state index in [2.05, 4.69) is 25.8 Å². The number of pyridine rings is 1. The molecule has 2 aromatic heterocycles. The van der Waals surface area contributed by atoms with Crippen molar-refractivity contribution < 1.29 is 4.74 Å². The summed E-state index contributed by atoms with van der Waals surface area (Å²) >= 11 is 0. The smallest absolute Gasteiger partial charge is 0.153 e. The second-order valence-corrected chi connectivity index (χ2v) is 6.31. The maximum Gasteiger partial charge on any atom is 0.153 e. The molecule has 0 saturated carbocycles. The van der Waals surface area contributed by atoms with Crippen molar-refractivity contribution >= 4 is 0 Å². The van der Waals surface area contributed by atoms with Crippen LogP contribution < -0.4 is 0 Å². The number of aryl methyl sites for hydroxylation is 1. The van der Waals surface area contributed by atoms with Gasteiger partial charge >= 0.3 is 0 Å². The van der Waals surface area contributed by atoms with Crippen molar-refractivity contribution in [2.75, 3.05) is 7.11 Å². The molecule has 1 aliphatic carbocycles. The van der Waals surface area contributed by atoms with Gasteiger partial charge in [-0.15, -0.1) is 0 Å². The fraction of sp³-hybridized carbons (Fsp3) is 0.500. The highest BCUT2D eigenvalue weighted by Crippen LogP contribution is 2.43. The summed E-state index contributed by atoms with van der Waals surface area (Å²) in [5.41, 5.74) is 3.75. The van der Waals surface area contributed by atoms with Crippen LogP contribution in [0.15, 0.2) is 24.4 Å². The molecule has 20 heavy (non-hydrogen) atoms. The van der Waals surface area contributed by atoms with Gasteiger partial charge in [-0.3, -0.25) is 0 Å². The zero-order valence-corrected chi connectivity index (χ0v) is 12.6. The Bertz CT molecular complexity index is 616. The van der Waals surface area contributed by atoms with Crippen molar-refractivity contribution in [3.05, 3.63) is 41.3 Å². The van der Waals surface area contributed by atoms with E-state index in [1.54, 1.807) is 13.3 Å². The van der Waals surface area contributed by atoms with Crippen LogP contribution in [0.2, 0.25) is 0 Å². The third-order valence-corrected chi connectivity index (χ3v) is 4.06. The van der Waals surface area contributed by atoms with Gasteiger partial charge in [-0.2, -0.15) is 5.10 Å². The van der Waals surface area contributed by atoms with Crippen LogP contribution in [-0.4, -0.2) is 21.9 Å². The molecule has 0 fully saturated rings. The molecule has 1 aliphatic rings. The second kappa shape index (κ2) is 4.70. The summed E-state index contributed by atoms with van der Waals surface area (Å²) in [6, 6.07) is 5.91. The molecule has 2 aromatic rings. The van der Waals surface area contributed by atoms with Gasteiger partial charge in [-0.1, -0.05) is 19.9 Å². The zero-order chi connectivity index (χ0) is 14.3. The van der Waals surface area contributed by atoms with Gasteiger partial charge in [0.05, 0.1) is 17.5 Å². The normalized spacial score (nSPS) is 20.7. The highest BCUT2D eigenvalue weighted by molar-refractivity contribution is 5.37. The summed E-state index contributed by atoms with van der Waals surface area (Å²) < 4.78 is 7.69. The van der Waals surface area contributed by atoms with Gasteiger partial charge in [0.15, 0.2) is 5.82 Å². The quantitative estimate of drug-likeness (QED) is 0.842. The fourth-order valence-electron chi connectivity index (χ4n) is 3.18. The maximum atomic E-state index is 5.71. The number of aromatic nitrogens is 3. The summed E-state index contributed by atoms with van der Waals surface area (Å²) in [4.78, 5) is 4.43. The summed E-state index contributed by atoms with van der Waals surface area (Å²) in [6.45, 7) is 6.63. The Morgan fingerprint density at radius 1 is 1.35 bits per heavy atom. The summed E-state index contributed by atoms with van der Waals surface area (Å²) in [6.07, 6.45) is 3.97. The highest BCUT2D eigenvalue weighted by atomic mass is 16.5. The van der Waals surface area contributed by atoms with Crippen LogP contribution >= 0.6 is 0 Å². The number of fused-ring (bicyclic) bond motifs is 1. The largest absolute Gasteiger partial charge is 0.377 e. The Labute approximate surface area is 119 Å².